The van der Waals surface area contributed by atoms with Gasteiger partial charge in [0.2, 0.25) is 5.91 Å². The third kappa shape index (κ3) is 2.97. The molecule has 5 heteroatoms. The Morgan fingerprint density at radius 2 is 2.00 bits per heavy atom. The molecule has 2 fully saturated rings. The minimum absolute atomic E-state index is 0.0317. The van der Waals surface area contributed by atoms with E-state index < -0.39 is 0 Å². The normalized spacial score (nSPS) is 32.9. The molecular formula is C12H20N2O3. The summed E-state index contributed by atoms with van der Waals surface area (Å²) < 4.78 is 5.33. The minimum atomic E-state index is -0.194. The van der Waals surface area contributed by atoms with Gasteiger partial charge in [-0.05, 0) is 19.3 Å². The monoisotopic (exact) mass is 240 g/mol. The van der Waals surface area contributed by atoms with Gasteiger partial charge in [0.15, 0.2) is 0 Å². The molecule has 0 radical (unpaired) electrons. The van der Waals surface area contributed by atoms with Crippen LogP contribution in [-0.2, 0) is 14.3 Å². The van der Waals surface area contributed by atoms with Gasteiger partial charge in [-0.3, -0.25) is 14.5 Å². The Bertz CT molecular complexity index is 319. The summed E-state index contributed by atoms with van der Waals surface area (Å²) in [7, 11) is 0. The van der Waals surface area contributed by atoms with Gasteiger partial charge in [0, 0.05) is 39.0 Å². The highest BCUT2D eigenvalue weighted by Crippen LogP contribution is 2.29. The van der Waals surface area contributed by atoms with Gasteiger partial charge in [-0.25, -0.2) is 0 Å². The SMILES string of the molecule is CC(=O)N[C@@H]1CC[C@H]2[C@@H](OC(C)=O)CCN2C1. The van der Waals surface area contributed by atoms with E-state index in [9.17, 15) is 9.59 Å². The Labute approximate surface area is 101 Å². The van der Waals surface area contributed by atoms with E-state index in [1.165, 1.54) is 6.92 Å². The number of carbonyl (C=O) groups is 2. The highest BCUT2D eigenvalue weighted by atomic mass is 16.5. The molecule has 0 saturated carbocycles. The van der Waals surface area contributed by atoms with Crippen molar-refractivity contribution in [2.24, 2.45) is 0 Å². The summed E-state index contributed by atoms with van der Waals surface area (Å²) in [6.45, 7) is 4.85. The molecule has 2 heterocycles. The zero-order valence-electron chi connectivity index (χ0n) is 10.4. The van der Waals surface area contributed by atoms with Crippen LogP contribution in [0, 0.1) is 0 Å². The molecule has 5 nitrogen and oxygen atoms in total. The average Bonchev–Trinajstić information content (AvgIpc) is 2.59. The Morgan fingerprint density at radius 1 is 1.24 bits per heavy atom. The van der Waals surface area contributed by atoms with Crippen LogP contribution in [0.3, 0.4) is 0 Å². The van der Waals surface area contributed by atoms with Gasteiger partial charge in [0.05, 0.1) is 0 Å². The van der Waals surface area contributed by atoms with Crippen molar-refractivity contribution in [3.8, 4) is 0 Å². The summed E-state index contributed by atoms with van der Waals surface area (Å²) in [5, 5.41) is 2.96. The number of amides is 1. The lowest BCUT2D eigenvalue weighted by Crippen LogP contribution is -2.51. The molecule has 0 unspecified atom stereocenters. The zero-order chi connectivity index (χ0) is 12.4. The average molecular weight is 240 g/mol. The van der Waals surface area contributed by atoms with E-state index >= 15 is 0 Å². The number of esters is 1. The van der Waals surface area contributed by atoms with Crippen molar-refractivity contribution in [1.29, 1.82) is 0 Å². The van der Waals surface area contributed by atoms with Gasteiger partial charge in [-0.1, -0.05) is 0 Å². The third-order valence-corrected chi connectivity index (χ3v) is 3.59. The fourth-order valence-corrected chi connectivity index (χ4v) is 2.98. The van der Waals surface area contributed by atoms with Gasteiger partial charge in [-0.15, -0.1) is 0 Å². The summed E-state index contributed by atoms with van der Waals surface area (Å²) in [4.78, 5) is 24.3. The maximum absolute atomic E-state index is 11.0. The lowest BCUT2D eigenvalue weighted by Gasteiger charge is -2.36. The van der Waals surface area contributed by atoms with Crippen molar-refractivity contribution in [3.05, 3.63) is 0 Å². The van der Waals surface area contributed by atoms with E-state index in [-0.39, 0.29) is 24.0 Å². The number of carbonyl (C=O) groups excluding carboxylic acids is 2. The highest BCUT2D eigenvalue weighted by molar-refractivity contribution is 5.73. The number of fused-ring (bicyclic) bond motifs is 1. The van der Waals surface area contributed by atoms with Crippen LogP contribution in [-0.4, -0.2) is 48.1 Å². The van der Waals surface area contributed by atoms with Crippen LogP contribution in [0.1, 0.15) is 33.1 Å². The second kappa shape index (κ2) is 5.04. The molecule has 96 valence electrons. The lowest BCUT2D eigenvalue weighted by molar-refractivity contribution is -0.147. The number of hydrogen-bond donors (Lipinski definition) is 1. The largest absolute Gasteiger partial charge is 0.461 e. The molecule has 2 rings (SSSR count). The number of nitrogens with zero attached hydrogens (tertiary/aromatic N) is 1. The van der Waals surface area contributed by atoms with E-state index in [0.717, 1.165) is 32.4 Å². The molecule has 2 aliphatic heterocycles. The zero-order valence-corrected chi connectivity index (χ0v) is 10.4. The molecule has 1 amide bonds. The minimum Gasteiger partial charge on any atom is -0.461 e. The third-order valence-electron chi connectivity index (χ3n) is 3.59. The molecule has 0 aliphatic carbocycles. The van der Waals surface area contributed by atoms with Crippen LogP contribution in [0.4, 0.5) is 0 Å². The highest BCUT2D eigenvalue weighted by Gasteiger charge is 2.40. The second-order valence-electron chi connectivity index (χ2n) is 4.97. The van der Waals surface area contributed by atoms with Crippen LogP contribution in [0.5, 0.6) is 0 Å². The van der Waals surface area contributed by atoms with Gasteiger partial charge in [-0.2, -0.15) is 0 Å². The van der Waals surface area contributed by atoms with Crippen LogP contribution in [0.2, 0.25) is 0 Å². The number of piperidine rings is 1. The van der Waals surface area contributed by atoms with E-state index in [0.29, 0.717) is 6.04 Å². The smallest absolute Gasteiger partial charge is 0.302 e. The van der Waals surface area contributed by atoms with Gasteiger partial charge in [0.1, 0.15) is 6.10 Å². The number of ether oxygens (including phenoxy) is 1. The van der Waals surface area contributed by atoms with Crippen molar-refractivity contribution >= 4 is 11.9 Å². The van der Waals surface area contributed by atoms with E-state index in [1.807, 2.05) is 0 Å². The van der Waals surface area contributed by atoms with Crippen molar-refractivity contribution in [2.75, 3.05) is 13.1 Å². The summed E-state index contributed by atoms with van der Waals surface area (Å²) in [6.07, 6.45) is 2.92. The Hall–Kier alpha value is -1.10. The van der Waals surface area contributed by atoms with Crippen LogP contribution in [0.25, 0.3) is 0 Å². The standard InChI is InChI=1S/C12H20N2O3/c1-8(15)13-10-3-4-11-12(17-9(2)16)5-6-14(11)7-10/h10-12H,3-7H2,1-2H3,(H,13,15)/t10-,11+,12+/m1/s1. The molecule has 17 heavy (non-hydrogen) atoms. The van der Waals surface area contributed by atoms with E-state index in [1.54, 1.807) is 6.92 Å². The molecule has 2 saturated heterocycles. The van der Waals surface area contributed by atoms with Crippen LogP contribution < -0.4 is 5.32 Å². The first kappa shape index (κ1) is 12.4. The molecular weight excluding hydrogens is 220 g/mol. The maximum atomic E-state index is 11.0. The summed E-state index contributed by atoms with van der Waals surface area (Å²) >= 11 is 0. The predicted molar refractivity (Wildman–Crippen MR) is 62.4 cm³/mol. The van der Waals surface area contributed by atoms with Gasteiger partial charge in [0.25, 0.3) is 0 Å². The van der Waals surface area contributed by atoms with Crippen molar-refractivity contribution < 1.29 is 14.3 Å². The number of nitrogens with one attached hydrogen (secondary N) is 1. The fourth-order valence-electron chi connectivity index (χ4n) is 2.98. The lowest BCUT2D eigenvalue weighted by atomic mass is 9.97. The number of hydrogen-bond acceptors (Lipinski definition) is 4. The first-order valence-corrected chi connectivity index (χ1v) is 6.24. The predicted octanol–water partition coefficient (Wildman–Crippen LogP) is 0.291. The van der Waals surface area contributed by atoms with Crippen molar-refractivity contribution in [1.82, 2.24) is 10.2 Å². The first-order valence-electron chi connectivity index (χ1n) is 6.24. The molecule has 0 aromatic heterocycles. The van der Waals surface area contributed by atoms with E-state index in [4.69, 9.17) is 4.74 Å². The topological polar surface area (TPSA) is 58.6 Å². The van der Waals surface area contributed by atoms with Crippen molar-refractivity contribution in [2.45, 2.75) is 51.3 Å². The number of rotatable bonds is 2. The summed E-state index contributed by atoms with van der Waals surface area (Å²) in [6, 6.07) is 0.601. The summed E-state index contributed by atoms with van der Waals surface area (Å²) in [5.41, 5.74) is 0. The molecule has 0 bridgehead atoms. The fraction of sp³-hybridized carbons (Fsp3) is 0.833. The second-order valence-corrected chi connectivity index (χ2v) is 4.97. The van der Waals surface area contributed by atoms with Gasteiger partial charge < -0.3 is 10.1 Å². The molecule has 2 aliphatic rings. The Balaban J connectivity index is 1.89. The first-order chi connectivity index (χ1) is 8.06. The maximum Gasteiger partial charge on any atom is 0.302 e. The van der Waals surface area contributed by atoms with Gasteiger partial charge >= 0.3 is 5.97 Å². The van der Waals surface area contributed by atoms with Crippen LogP contribution in [0.15, 0.2) is 0 Å². The van der Waals surface area contributed by atoms with E-state index in [2.05, 4.69) is 10.2 Å². The molecule has 0 aromatic carbocycles. The molecule has 0 aromatic rings. The van der Waals surface area contributed by atoms with Crippen molar-refractivity contribution in [3.63, 3.8) is 0 Å². The van der Waals surface area contributed by atoms with Crippen LogP contribution >= 0.6 is 0 Å². The quantitative estimate of drug-likeness (QED) is 0.705. The molecule has 1 N–H and O–H groups in total. The summed E-state index contributed by atoms with van der Waals surface area (Å²) in [5.74, 6) is -0.162. The molecule has 0 spiro atoms. The molecule has 3 atom stereocenters. The Kier molecular flexibility index (Phi) is 3.66. The Morgan fingerprint density at radius 3 is 2.65 bits per heavy atom.